The Morgan fingerprint density at radius 2 is 1.81 bits per heavy atom. The number of carbonyl (C=O) groups is 1. The van der Waals surface area contributed by atoms with Crippen LogP contribution in [0.4, 0.5) is 17.2 Å². The monoisotopic (exact) mass is 483 g/mol. The number of ether oxygens (including phenoxy) is 1. The maximum Gasteiger partial charge on any atom is 0.300 e. The maximum atomic E-state index is 12.0. The van der Waals surface area contributed by atoms with Gasteiger partial charge in [-0.1, -0.05) is 19.8 Å². The van der Waals surface area contributed by atoms with Gasteiger partial charge >= 0.3 is 0 Å². The van der Waals surface area contributed by atoms with E-state index < -0.39 is 5.91 Å². The molecule has 184 valence electrons. The molecule has 0 atom stereocenters. The van der Waals surface area contributed by atoms with Gasteiger partial charge < -0.3 is 20.5 Å². The molecular weight excluding hydrogens is 454 g/mol. The van der Waals surface area contributed by atoms with Crippen LogP contribution in [-0.2, 0) is 4.79 Å². The van der Waals surface area contributed by atoms with Crippen molar-refractivity contribution in [3.8, 4) is 23.3 Å². The lowest BCUT2D eigenvalue weighted by Crippen LogP contribution is -2.08. The van der Waals surface area contributed by atoms with Crippen LogP contribution in [-0.4, -0.2) is 32.6 Å². The normalized spacial score (nSPS) is 9.92. The van der Waals surface area contributed by atoms with Gasteiger partial charge in [-0.05, 0) is 73.9 Å². The Kier molecular flexibility index (Phi) is 9.32. The molecule has 8 nitrogen and oxygen atoms in total. The van der Waals surface area contributed by atoms with Crippen molar-refractivity contribution < 1.29 is 14.6 Å². The zero-order valence-corrected chi connectivity index (χ0v) is 20.8. The van der Waals surface area contributed by atoms with E-state index in [2.05, 4.69) is 37.4 Å². The summed E-state index contributed by atoms with van der Waals surface area (Å²) in [4.78, 5) is 24.9. The summed E-state index contributed by atoms with van der Waals surface area (Å²) < 4.78 is 5.95. The van der Waals surface area contributed by atoms with Crippen molar-refractivity contribution in [1.82, 2.24) is 15.0 Å². The highest BCUT2D eigenvalue weighted by Crippen LogP contribution is 2.30. The number of nitrogens with one attached hydrogen (secondary N) is 2. The molecule has 2 heterocycles. The molecule has 0 aliphatic carbocycles. The Morgan fingerprint density at radius 1 is 1.00 bits per heavy atom. The summed E-state index contributed by atoms with van der Waals surface area (Å²) in [7, 11) is 0. The predicted octanol–water partition coefficient (Wildman–Crippen LogP) is 5.53. The third-order valence-corrected chi connectivity index (χ3v) is 4.88. The highest BCUT2D eigenvalue weighted by molar-refractivity contribution is 6.05. The van der Waals surface area contributed by atoms with E-state index in [-0.39, 0.29) is 13.0 Å². The number of carbonyl (C=O) groups excluding carboxylic acids is 1. The molecule has 2 aromatic heterocycles. The lowest BCUT2D eigenvalue weighted by molar-refractivity contribution is -0.111. The van der Waals surface area contributed by atoms with Gasteiger partial charge in [0.1, 0.15) is 23.6 Å². The lowest BCUT2D eigenvalue weighted by Gasteiger charge is -2.13. The Bertz CT molecular complexity index is 1390. The summed E-state index contributed by atoms with van der Waals surface area (Å²) in [5.74, 6) is 6.60. The molecule has 0 radical (unpaired) electrons. The minimum atomic E-state index is -0.450. The van der Waals surface area contributed by atoms with Gasteiger partial charge in [0, 0.05) is 28.9 Å². The summed E-state index contributed by atoms with van der Waals surface area (Å²) in [6.07, 6.45) is 3.43. The van der Waals surface area contributed by atoms with Crippen LogP contribution in [0.2, 0.25) is 0 Å². The van der Waals surface area contributed by atoms with Gasteiger partial charge in [0.15, 0.2) is 0 Å². The van der Waals surface area contributed by atoms with Crippen LogP contribution in [0, 0.1) is 25.7 Å². The van der Waals surface area contributed by atoms with E-state index in [0.29, 0.717) is 17.3 Å². The van der Waals surface area contributed by atoms with Gasteiger partial charge in [0.05, 0.1) is 18.3 Å². The third kappa shape index (κ3) is 7.01. The van der Waals surface area contributed by atoms with Crippen LogP contribution in [0.25, 0.3) is 10.9 Å². The van der Waals surface area contributed by atoms with Crippen molar-refractivity contribution in [3.05, 3.63) is 72.3 Å². The lowest BCUT2D eigenvalue weighted by atomic mass is 10.1. The number of benzene rings is 2. The molecule has 0 aliphatic rings. The standard InChI is InChI=1S/C26H23N5O3.C2H6/c1-17-13-19(8-11-24(17)34-21-9-6-18(2)27-15-21)31-26-22-14-20(7-10-23(22)28-16-29-26)30-25(33)5-3-4-12-32;1-2/h6-11,13-16,32H,4,12H2,1-2H3,(H,30,33)(H,28,29,31);1-2H3. The van der Waals surface area contributed by atoms with Gasteiger partial charge in [-0.2, -0.15) is 0 Å². The first kappa shape index (κ1) is 26.1. The number of pyridine rings is 1. The minimum absolute atomic E-state index is 0.0850. The van der Waals surface area contributed by atoms with E-state index in [0.717, 1.165) is 33.6 Å². The largest absolute Gasteiger partial charge is 0.455 e. The number of aromatic nitrogens is 3. The average molecular weight is 484 g/mol. The predicted molar refractivity (Wildman–Crippen MR) is 143 cm³/mol. The zero-order valence-electron chi connectivity index (χ0n) is 20.8. The molecule has 0 bridgehead atoms. The summed E-state index contributed by atoms with van der Waals surface area (Å²) in [5.41, 5.74) is 4.00. The first-order chi connectivity index (χ1) is 17.5. The fourth-order valence-electron chi connectivity index (χ4n) is 3.21. The molecule has 0 saturated carbocycles. The van der Waals surface area contributed by atoms with E-state index in [4.69, 9.17) is 9.84 Å². The number of anilines is 3. The molecule has 4 aromatic rings. The van der Waals surface area contributed by atoms with Crippen LogP contribution in [0.15, 0.2) is 61.1 Å². The second-order valence-corrected chi connectivity index (χ2v) is 7.53. The summed E-state index contributed by atoms with van der Waals surface area (Å²) in [6, 6.07) is 14.9. The van der Waals surface area contributed by atoms with Crippen molar-refractivity contribution in [3.63, 3.8) is 0 Å². The Balaban J connectivity index is 0.00000176. The van der Waals surface area contributed by atoms with Crippen molar-refractivity contribution in [2.24, 2.45) is 0 Å². The van der Waals surface area contributed by atoms with Crippen molar-refractivity contribution >= 4 is 34.0 Å². The van der Waals surface area contributed by atoms with E-state index in [1.807, 2.05) is 58.0 Å². The molecule has 2 aromatic carbocycles. The molecule has 0 aliphatic heterocycles. The minimum Gasteiger partial charge on any atom is -0.455 e. The van der Waals surface area contributed by atoms with Gasteiger partial charge in [-0.25, -0.2) is 9.97 Å². The molecule has 36 heavy (non-hydrogen) atoms. The van der Waals surface area contributed by atoms with Crippen LogP contribution in [0.1, 0.15) is 31.5 Å². The summed E-state index contributed by atoms with van der Waals surface area (Å²) in [6.45, 7) is 7.81. The fourth-order valence-corrected chi connectivity index (χ4v) is 3.21. The number of hydrogen-bond acceptors (Lipinski definition) is 7. The Hall–Kier alpha value is -4.48. The van der Waals surface area contributed by atoms with Crippen molar-refractivity contribution in [1.29, 1.82) is 0 Å². The van der Waals surface area contributed by atoms with E-state index in [1.54, 1.807) is 24.4 Å². The van der Waals surface area contributed by atoms with Crippen molar-refractivity contribution in [2.75, 3.05) is 17.2 Å². The fraction of sp³-hybridized carbons (Fsp3) is 0.214. The number of hydrogen-bond donors (Lipinski definition) is 3. The third-order valence-electron chi connectivity index (χ3n) is 4.88. The van der Waals surface area contributed by atoms with Crippen LogP contribution in [0.3, 0.4) is 0 Å². The van der Waals surface area contributed by atoms with Gasteiger partial charge in [0.25, 0.3) is 5.91 Å². The Morgan fingerprint density at radius 3 is 2.53 bits per heavy atom. The van der Waals surface area contributed by atoms with E-state index in [1.165, 1.54) is 6.33 Å². The van der Waals surface area contributed by atoms with E-state index in [9.17, 15) is 4.79 Å². The average Bonchev–Trinajstić information content (AvgIpc) is 2.89. The molecule has 0 fully saturated rings. The highest BCUT2D eigenvalue weighted by atomic mass is 16.5. The SMILES string of the molecule is CC.Cc1ccc(Oc2ccc(Nc3ncnc4ccc(NC(=O)C#CCCO)cc34)cc2C)cn1. The van der Waals surface area contributed by atoms with Gasteiger partial charge in [0.2, 0.25) is 0 Å². The number of aliphatic hydroxyl groups excluding tert-OH is 1. The molecule has 0 saturated heterocycles. The van der Waals surface area contributed by atoms with Gasteiger partial charge in [-0.3, -0.25) is 9.78 Å². The molecule has 4 rings (SSSR count). The highest BCUT2D eigenvalue weighted by Gasteiger charge is 2.09. The number of fused-ring (bicyclic) bond motifs is 1. The first-order valence-corrected chi connectivity index (χ1v) is 11.7. The first-order valence-electron chi connectivity index (χ1n) is 11.7. The number of aryl methyl sites for hydroxylation is 2. The molecule has 0 spiro atoms. The van der Waals surface area contributed by atoms with Crippen molar-refractivity contribution in [2.45, 2.75) is 34.1 Å². The smallest absolute Gasteiger partial charge is 0.300 e. The molecule has 3 N–H and O–H groups in total. The number of aliphatic hydroxyl groups is 1. The maximum absolute atomic E-state index is 12.0. The van der Waals surface area contributed by atoms with Crippen LogP contribution >= 0.6 is 0 Å². The Labute approximate surface area is 210 Å². The molecule has 1 amide bonds. The topological polar surface area (TPSA) is 109 Å². The number of rotatable bonds is 6. The second-order valence-electron chi connectivity index (χ2n) is 7.53. The van der Waals surface area contributed by atoms with Crippen LogP contribution in [0.5, 0.6) is 11.5 Å². The molecule has 8 heteroatoms. The molecule has 0 unspecified atom stereocenters. The second kappa shape index (κ2) is 12.8. The molecular formula is C28H29N5O3. The summed E-state index contributed by atoms with van der Waals surface area (Å²) >= 11 is 0. The zero-order chi connectivity index (χ0) is 25.9. The number of nitrogens with zero attached hydrogens (tertiary/aromatic N) is 3. The quantitative estimate of drug-likeness (QED) is 0.309. The number of amides is 1. The van der Waals surface area contributed by atoms with Gasteiger partial charge in [-0.15, -0.1) is 0 Å². The van der Waals surface area contributed by atoms with E-state index >= 15 is 0 Å². The summed E-state index contributed by atoms with van der Waals surface area (Å²) in [5, 5.41) is 15.6. The van der Waals surface area contributed by atoms with Crippen LogP contribution < -0.4 is 15.4 Å².